The van der Waals surface area contributed by atoms with Gasteiger partial charge in [-0.1, -0.05) is 196 Å². The van der Waals surface area contributed by atoms with Gasteiger partial charge in [-0.25, -0.2) is 0 Å². The van der Waals surface area contributed by atoms with E-state index in [1.165, 1.54) is 38.9 Å². The molecule has 1 spiro atoms. The Balaban J connectivity index is 1.00. The minimum Gasteiger partial charge on any atom is -0.456 e. The van der Waals surface area contributed by atoms with Crippen LogP contribution in [0.25, 0.3) is 66.4 Å². The molecule has 3 aliphatic rings. The third-order valence-electron chi connectivity index (χ3n) is 15.9. The highest BCUT2D eigenvalue weighted by molar-refractivity contribution is 6.13. The third-order valence-corrected chi connectivity index (χ3v) is 15.9. The third kappa shape index (κ3) is 5.88. The van der Waals surface area contributed by atoms with Crippen LogP contribution in [0.1, 0.15) is 54.1 Å². The summed E-state index contributed by atoms with van der Waals surface area (Å²) in [6.45, 7) is 4.56. The average Bonchev–Trinajstić information content (AvgIpc) is 4.23. The first-order valence-electron chi connectivity index (χ1n) is 27.5. The number of fused-ring (bicyclic) bond motifs is 16. The van der Waals surface area contributed by atoms with Gasteiger partial charge in [0.25, 0.3) is 0 Å². The highest BCUT2D eigenvalue weighted by atomic mass is 16.3. The zero-order valence-corrected chi connectivity index (χ0v) is 40.2. The number of benzene rings is 11. The number of hydrogen-bond acceptors (Lipinski definition) is 3. The maximum atomic E-state index is 9.29. The van der Waals surface area contributed by atoms with Gasteiger partial charge in [0.05, 0.1) is 29.0 Å². The Kier molecular flexibility index (Phi) is 7.88. The van der Waals surface area contributed by atoms with E-state index in [9.17, 15) is 2.74 Å². The zero-order valence-electron chi connectivity index (χ0n) is 45.2. The number of anilines is 6. The predicted molar refractivity (Wildman–Crippen MR) is 302 cm³/mol. The van der Waals surface area contributed by atoms with Gasteiger partial charge in [0.15, 0.2) is 0 Å². The molecule has 11 aromatic carbocycles. The molecule has 3 nitrogen and oxygen atoms in total. The summed E-state index contributed by atoms with van der Waals surface area (Å²) in [5.41, 5.74) is 20.8. The van der Waals surface area contributed by atoms with Gasteiger partial charge in [0.1, 0.15) is 11.2 Å². The molecule has 0 radical (unpaired) electrons. The minimum absolute atomic E-state index is 0.147. The standard InChI is InChI=1S/C70H48N2O/c1-69(2)58-29-14-9-25-51(58)54-39-36-47(42-61(54)69)72(64-32-17-12-24-50(64)45-20-5-3-6-21-45)49-38-41-56-53-27-11-16-31-60(53)70(63(56)44-49)59-30-15-10-26-52(59)55-40-37-48(43-62(55)70)71(46-22-7-4-8-23-46)65-33-19-35-67-68(65)57-28-13-18-34-66(57)73-67/h3-44H,1-2H3/i3D,5D,6D,20D,21D. The van der Waals surface area contributed by atoms with Crippen LogP contribution >= 0.6 is 0 Å². The lowest BCUT2D eigenvalue weighted by Crippen LogP contribution is -2.26. The summed E-state index contributed by atoms with van der Waals surface area (Å²) < 4.78 is 51.3. The van der Waals surface area contributed by atoms with Gasteiger partial charge in [-0.15, -0.1) is 0 Å². The monoisotopic (exact) mass is 937 g/mol. The van der Waals surface area contributed by atoms with E-state index in [0.717, 1.165) is 78.2 Å². The van der Waals surface area contributed by atoms with Crippen LogP contribution in [0.2, 0.25) is 0 Å². The maximum absolute atomic E-state index is 9.29. The molecule has 0 fully saturated rings. The van der Waals surface area contributed by atoms with Crippen molar-refractivity contribution >= 4 is 56.1 Å². The first-order chi connectivity index (χ1) is 38.0. The Hall–Kier alpha value is -9.18. The Bertz CT molecular complexity index is 4480. The van der Waals surface area contributed by atoms with Crippen molar-refractivity contribution in [1.29, 1.82) is 0 Å². The van der Waals surface area contributed by atoms with Crippen molar-refractivity contribution < 1.29 is 11.3 Å². The summed E-state index contributed by atoms with van der Waals surface area (Å²) in [6, 6.07) is 78.0. The Labute approximate surface area is 432 Å². The second-order valence-electron chi connectivity index (χ2n) is 20.0. The van der Waals surface area contributed by atoms with E-state index < -0.39 is 11.5 Å². The molecule has 1 heterocycles. The van der Waals surface area contributed by atoms with Crippen molar-refractivity contribution in [3.63, 3.8) is 0 Å². The van der Waals surface area contributed by atoms with Crippen molar-refractivity contribution in [3.8, 4) is 44.5 Å². The molecule has 344 valence electrons. The number of para-hydroxylation sites is 3. The summed E-state index contributed by atoms with van der Waals surface area (Å²) in [6.07, 6.45) is 0. The van der Waals surface area contributed by atoms with E-state index in [0.29, 0.717) is 11.3 Å². The Morgan fingerprint density at radius 2 is 0.822 bits per heavy atom. The molecule has 0 N–H and O–H groups in total. The molecular weight excluding hydrogens is 885 g/mol. The quantitative estimate of drug-likeness (QED) is 0.159. The Morgan fingerprint density at radius 3 is 1.48 bits per heavy atom. The van der Waals surface area contributed by atoms with Gasteiger partial charge in [0, 0.05) is 39.1 Å². The number of hydrogen-bond donors (Lipinski definition) is 0. The van der Waals surface area contributed by atoms with Gasteiger partial charge in [-0.3, -0.25) is 0 Å². The van der Waals surface area contributed by atoms with Crippen LogP contribution in [0.3, 0.4) is 0 Å². The van der Waals surface area contributed by atoms with E-state index in [1.807, 2.05) is 36.4 Å². The molecule has 0 amide bonds. The van der Waals surface area contributed by atoms with E-state index in [1.54, 1.807) is 0 Å². The SMILES string of the molecule is [2H]c1c([2H])c([2H])c(-c2ccccc2N(c2ccc3c(c2)C(C)(C)c2ccccc2-3)c2ccc3c(c2)C2(c4ccccc4-3)c3ccccc3-c3ccc(N(c4ccccc4)c4cccc5oc6ccccc6c45)cc32)c([2H])c1[2H]. The lowest BCUT2D eigenvalue weighted by molar-refractivity contribution is 0.660. The number of nitrogens with zero attached hydrogens (tertiary/aromatic N) is 2. The molecule has 0 saturated carbocycles. The summed E-state index contributed by atoms with van der Waals surface area (Å²) in [7, 11) is 0. The fourth-order valence-corrected chi connectivity index (χ4v) is 12.9. The van der Waals surface area contributed by atoms with Crippen LogP contribution < -0.4 is 9.80 Å². The molecule has 12 aromatic rings. The minimum atomic E-state index is -0.778. The van der Waals surface area contributed by atoms with E-state index in [-0.39, 0.29) is 35.1 Å². The molecule has 3 aliphatic carbocycles. The highest BCUT2D eigenvalue weighted by Gasteiger charge is 2.52. The van der Waals surface area contributed by atoms with Crippen molar-refractivity contribution in [1.82, 2.24) is 0 Å². The van der Waals surface area contributed by atoms with Crippen LogP contribution in [-0.4, -0.2) is 0 Å². The smallest absolute Gasteiger partial charge is 0.137 e. The van der Waals surface area contributed by atoms with Crippen LogP contribution in [0, 0.1) is 0 Å². The zero-order chi connectivity index (χ0) is 52.8. The predicted octanol–water partition coefficient (Wildman–Crippen LogP) is 18.8. The first kappa shape index (κ1) is 36.7. The largest absolute Gasteiger partial charge is 0.456 e. The summed E-state index contributed by atoms with van der Waals surface area (Å²) in [5.74, 6) is 0. The highest BCUT2D eigenvalue weighted by Crippen LogP contribution is 2.64. The first-order valence-corrected chi connectivity index (χ1v) is 25.0. The van der Waals surface area contributed by atoms with Crippen LogP contribution in [0.4, 0.5) is 34.1 Å². The van der Waals surface area contributed by atoms with Crippen LogP contribution in [-0.2, 0) is 10.8 Å². The van der Waals surface area contributed by atoms with Gasteiger partial charge >= 0.3 is 0 Å². The fourth-order valence-electron chi connectivity index (χ4n) is 12.9. The molecule has 1 aromatic heterocycles. The van der Waals surface area contributed by atoms with Gasteiger partial charge < -0.3 is 14.2 Å². The summed E-state index contributed by atoms with van der Waals surface area (Å²) in [4.78, 5) is 4.60. The molecule has 0 bridgehead atoms. The molecular formula is C70H48N2O. The van der Waals surface area contributed by atoms with Crippen molar-refractivity contribution in [3.05, 3.63) is 288 Å². The van der Waals surface area contributed by atoms with Gasteiger partial charge in [0.2, 0.25) is 0 Å². The summed E-state index contributed by atoms with van der Waals surface area (Å²) in [5, 5.41) is 2.09. The molecule has 73 heavy (non-hydrogen) atoms. The second kappa shape index (κ2) is 15.7. The molecule has 1 atom stereocenters. The number of furan rings is 1. The van der Waals surface area contributed by atoms with E-state index >= 15 is 0 Å². The second-order valence-corrected chi connectivity index (χ2v) is 20.0. The van der Waals surface area contributed by atoms with Crippen molar-refractivity contribution in [2.24, 2.45) is 0 Å². The fraction of sp³-hybridized carbons (Fsp3) is 0.0571. The van der Waals surface area contributed by atoms with Crippen molar-refractivity contribution in [2.75, 3.05) is 9.80 Å². The lowest BCUT2D eigenvalue weighted by atomic mass is 9.70. The van der Waals surface area contributed by atoms with E-state index in [2.05, 4.69) is 212 Å². The molecule has 3 heteroatoms. The lowest BCUT2D eigenvalue weighted by Gasteiger charge is -2.34. The Morgan fingerprint density at radius 1 is 0.356 bits per heavy atom. The van der Waals surface area contributed by atoms with Gasteiger partial charge in [-0.2, -0.15) is 0 Å². The molecule has 1 unspecified atom stereocenters. The average molecular weight is 938 g/mol. The maximum Gasteiger partial charge on any atom is 0.137 e. The van der Waals surface area contributed by atoms with E-state index in [4.69, 9.17) is 8.53 Å². The molecule has 0 aliphatic heterocycles. The topological polar surface area (TPSA) is 19.6 Å². The van der Waals surface area contributed by atoms with Gasteiger partial charge in [-0.05, 0) is 145 Å². The molecule has 15 rings (SSSR count). The summed E-state index contributed by atoms with van der Waals surface area (Å²) >= 11 is 0. The number of rotatable bonds is 7. The molecule has 0 saturated heterocycles. The van der Waals surface area contributed by atoms with Crippen molar-refractivity contribution in [2.45, 2.75) is 24.7 Å². The normalized spacial score (nSPS) is 16.1. The van der Waals surface area contributed by atoms with Crippen LogP contribution in [0.5, 0.6) is 0 Å². The van der Waals surface area contributed by atoms with Crippen LogP contribution in [0.15, 0.2) is 259 Å².